The summed E-state index contributed by atoms with van der Waals surface area (Å²) in [7, 11) is 0. The molecule has 0 amide bonds. The van der Waals surface area contributed by atoms with Crippen LogP contribution in [-0.4, -0.2) is 0 Å². The molecular weight excluding hydrogens is 252 g/mol. The summed E-state index contributed by atoms with van der Waals surface area (Å²) in [5, 5.41) is 0. The zero-order valence-electron chi connectivity index (χ0n) is 15.0. The molecule has 12 atom stereocenters. The minimum atomic E-state index is 0.997. The van der Waals surface area contributed by atoms with E-state index in [1.165, 1.54) is 12.8 Å². The summed E-state index contributed by atoms with van der Waals surface area (Å²) < 4.78 is 0. The Morgan fingerprint density at radius 3 is 1.95 bits per heavy atom. The number of fused-ring (bicyclic) bond motifs is 1. The Kier molecular flexibility index (Phi) is 3.30. The average molecular weight is 289 g/mol. The van der Waals surface area contributed by atoms with E-state index in [9.17, 15) is 0 Å². The topological polar surface area (TPSA) is 0 Å². The molecule has 0 radical (unpaired) electrons. The normalized spacial score (nSPS) is 61.7. The Bertz CT molecular complexity index is 406. The van der Waals surface area contributed by atoms with Crippen LogP contribution in [0, 0.1) is 71.0 Å². The van der Waals surface area contributed by atoms with Gasteiger partial charge in [0.2, 0.25) is 0 Å². The molecule has 0 nitrogen and oxygen atoms in total. The number of rotatable bonds is 6. The summed E-state index contributed by atoms with van der Waals surface area (Å²) in [6.07, 6.45) is 4.54. The minimum absolute atomic E-state index is 0.997. The first-order valence-electron chi connectivity index (χ1n) is 9.97. The highest BCUT2D eigenvalue weighted by molar-refractivity contribution is 5.14. The molecular formula is C21H36. The molecule has 120 valence electrons. The first kappa shape index (κ1) is 14.6. The Hall–Kier alpha value is 0. The Morgan fingerprint density at radius 1 is 0.714 bits per heavy atom. The number of hydrogen-bond donors (Lipinski definition) is 0. The van der Waals surface area contributed by atoms with Crippen LogP contribution in [0.5, 0.6) is 0 Å². The first-order valence-corrected chi connectivity index (χ1v) is 9.97. The Balaban J connectivity index is 1.27. The zero-order chi connectivity index (χ0) is 15.0. The van der Waals surface area contributed by atoms with Gasteiger partial charge in [-0.25, -0.2) is 0 Å². The van der Waals surface area contributed by atoms with Crippen LogP contribution >= 0.6 is 0 Å². The lowest BCUT2D eigenvalue weighted by atomic mass is 9.72. The van der Waals surface area contributed by atoms with Crippen LogP contribution in [-0.2, 0) is 0 Å². The Morgan fingerprint density at radius 2 is 1.43 bits per heavy atom. The van der Waals surface area contributed by atoms with Crippen LogP contribution in [0.15, 0.2) is 0 Å². The van der Waals surface area contributed by atoms with Gasteiger partial charge in [0.25, 0.3) is 0 Å². The quantitative estimate of drug-likeness (QED) is 0.586. The van der Waals surface area contributed by atoms with Gasteiger partial charge in [-0.05, 0) is 83.9 Å². The summed E-state index contributed by atoms with van der Waals surface area (Å²) >= 11 is 0. The fraction of sp³-hybridized carbons (Fsp3) is 1.00. The van der Waals surface area contributed by atoms with E-state index < -0.39 is 0 Å². The van der Waals surface area contributed by atoms with E-state index in [2.05, 4.69) is 41.5 Å². The maximum Gasteiger partial charge on any atom is -0.0321 e. The molecule has 4 aliphatic rings. The summed E-state index contributed by atoms with van der Waals surface area (Å²) in [6.45, 7) is 15.0. The minimum Gasteiger partial charge on any atom is -0.0651 e. The fourth-order valence-corrected chi connectivity index (χ4v) is 7.39. The maximum atomic E-state index is 2.58. The van der Waals surface area contributed by atoms with Gasteiger partial charge in [0.15, 0.2) is 0 Å². The summed E-state index contributed by atoms with van der Waals surface area (Å²) in [5.41, 5.74) is 0. The van der Waals surface area contributed by atoms with Crippen LogP contribution in [0.3, 0.4) is 0 Å². The van der Waals surface area contributed by atoms with E-state index in [4.69, 9.17) is 0 Å². The van der Waals surface area contributed by atoms with E-state index in [0.29, 0.717) is 0 Å². The maximum absolute atomic E-state index is 2.58. The second kappa shape index (κ2) is 4.75. The predicted molar refractivity (Wildman–Crippen MR) is 89.8 cm³/mol. The monoisotopic (exact) mass is 288 g/mol. The molecule has 12 unspecified atom stereocenters. The lowest BCUT2D eigenvalue weighted by molar-refractivity contribution is 0.148. The molecule has 0 aromatic rings. The molecule has 4 aliphatic carbocycles. The van der Waals surface area contributed by atoms with Gasteiger partial charge in [-0.3, -0.25) is 0 Å². The lowest BCUT2D eigenvalue weighted by Gasteiger charge is -2.33. The molecule has 0 aliphatic heterocycles. The fourth-order valence-electron chi connectivity index (χ4n) is 7.39. The van der Waals surface area contributed by atoms with Gasteiger partial charge in [0.05, 0.1) is 0 Å². The molecule has 4 rings (SSSR count). The highest BCUT2D eigenvalue weighted by Gasteiger charge is 2.66. The lowest BCUT2D eigenvalue weighted by Crippen LogP contribution is -2.28. The van der Waals surface area contributed by atoms with Crippen molar-refractivity contribution in [3.8, 4) is 0 Å². The van der Waals surface area contributed by atoms with E-state index in [-0.39, 0.29) is 0 Å². The van der Waals surface area contributed by atoms with Crippen LogP contribution < -0.4 is 0 Å². The van der Waals surface area contributed by atoms with Crippen LogP contribution in [0.1, 0.15) is 60.8 Å². The SMILES string of the molecule is CCC1C(C)C1CC(C)C1C(C)C1CC1C(C)C2C(C)C12. The third-order valence-corrected chi connectivity index (χ3v) is 9.01. The van der Waals surface area contributed by atoms with Gasteiger partial charge >= 0.3 is 0 Å². The largest absolute Gasteiger partial charge is 0.0651 e. The second-order valence-electron chi connectivity index (χ2n) is 9.68. The van der Waals surface area contributed by atoms with Gasteiger partial charge in [0.1, 0.15) is 0 Å². The van der Waals surface area contributed by atoms with Crippen molar-refractivity contribution in [2.75, 3.05) is 0 Å². The van der Waals surface area contributed by atoms with Crippen molar-refractivity contribution in [1.82, 2.24) is 0 Å². The summed E-state index contributed by atoms with van der Waals surface area (Å²) in [5.74, 6) is 12.9. The van der Waals surface area contributed by atoms with Crippen molar-refractivity contribution in [2.24, 2.45) is 71.0 Å². The highest BCUT2D eigenvalue weighted by atomic mass is 14.7. The molecule has 0 bridgehead atoms. The van der Waals surface area contributed by atoms with Crippen LogP contribution in [0.4, 0.5) is 0 Å². The Labute approximate surface area is 132 Å². The standard InChI is InChI=1S/C21H36/c1-7-15-11(3)16(15)8-10(2)19-12(4)17(19)9-18-13(5)20-14(6)21(18)20/h10-21H,7-9H2,1-6H3. The molecule has 0 aromatic carbocycles. The van der Waals surface area contributed by atoms with E-state index >= 15 is 0 Å². The third kappa shape index (κ3) is 2.07. The van der Waals surface area contributed by atoms with Gasteiger partial charge in [-0.15, -0.1) is 0 Å². The highest BCUT2D eigenvalue weighted by Crippen LogP contribution is 2.71. The van der Waals surface area contributed by atoms with Crippen LogP contribution in [0.2, 0.25) is 0 Å². The molecule has 4 fully saturated rings. The van der Waals surface area contributed by atoms with Crippen LogP contribution in [0.25, 0.3) is 0 Å². The van der Waals surface area contributed by atoms with Crippen molar-refractivity contribution in [3.63, 3.8) is 0 Å². The van der Waals surface area contributed by atoms with E-state index in [1.54, 1.807) is 6.42 Å². The molecule has 0 heterocycles. The first-order chi connectivity index (χ1) is 9.97. The van der Waals surface area contributed by atoms with Crippen molar-refractivity contribution in [1.29, 1.82) is 0 Å². The van der Waals surface area contributed by atoms with Gasteiger partial charge < -0.3 is 0 Å². The molecule has 0 aromatic heterocycles. The summed E-state index contributed by atoms with van der Waals surface area (Å²) in [6, 6.07) is 0. The van der Waals surface area contributed by atoms with Gasteiger partial charge in [-0.1, -0.05) is 48.0 Å². The average Bonchev–Trinajstić information content (AvgIpc) is 3.35. The van der Waals surface area contributed by atoms with Crippen molar-refractivity contribution >= 4 is 0 Å². The van der Waals surface area contributed by atoms with Crippen molar-refractivity contribution in [2.45, 2.75) is 60.8 Å². The van der Waals surface area contributed by atoms with Gasteiger partial charge in [0, 0.05) is 0 Å². The molecule has 0 heteroatoms. The second-order valence-corrected chi connectivity index (χ2v) is 9.68. The number of hydrogen-bond acceptors (Lipinski definition) is 0. The summed E-state index contributed by atoms with van der Waals surface area (Å²) in [4.78, 5) is 0. The van der Waals surface area contributed by atoms with E-state index in [1.807, 2.05) is 0 Å². The molecule has 4 saturated carbocycles. The van der Waals surface area contributed by atoms with Gasteiger partial charge in [-0.2, -0.15) is 0 Å². The third-order valence-electron chi connectivity index (χ3n) is 9.01. The molecule has 0 N–H and O–H groups in total. The van der Waals surface area contributed by atoms with Crippen molar-refractivity contribution in [3.05, 3.63) is 0 Å². The predicted octanol–water partition coefficient (Wildman–Crippen LogP) is 5.72. The van der Waals surface area contributed by atoms with Crippen molar-refractivity contribution < 1.29 is 0 Å². The van der Waals surface area contributed by atoms with E-state index in [0.717, 1.165) is 71.0 Å². The smallest absolute Gasteiger partial charge is 0.0321 e. The molecule has 21 heavy (non-hydrogen) atoms. The zero-order valence-corrected chi connectivity index (χ0v) is 15.0. The molecule has 0 spiro atoms. The molecule has 0 saturated heterocycles.